The number of aromatic carboxylic acids is 1. The molecule has 5 heteroatoms. The monoisotopic (exact) mass is 286 g/mol. The first-order valence-corrected chi connectivity index (χ1v) is 7.21. The van der Waals surface area contributed by atoms with Gasteiger partial charge in [-0.3, -0.25) is 0 Å². The molecule has 0 radical (unpaired) electrons. The fourth-order valence-corrected chi connectivity index (χ4v) is 2.87. The Morgan fingerprint density at radius 3 is 2.67 bits per heavy atom. The molecule has 0 amide bonds. The van der Waals surface area contributed by atoms with Crippen LogP contribution in [0.5, 0.6) is 5.75 Å². The normalized spacial score (nSPS) is 21.9. The lowest BCUT2D eigenvalue weighted by molar-refractivity contribution is 0.0696. The molecular weight excluding hydrogens is 268 g/mol. The first-order chi connectivity index (χ1) is 10.2. The summed E-state index contributed by atoms with van der Waals surface area (Å²) < 4.78 is 8.19. The molecule has 1 aromatic heterocycles. The van der Waals surface area contributed by atoms with Crippen molar-refractivity contribution in [3.63, 3.8) is 0 Å². The van der Waals surface area contributed by atoms with E-state index in [1.165, 1.54) is 6.42 Å². The second-order valence-electron chi connectivity index (χ2n) is 5.35. The minimum Gasteiger partial charge on any atom is -0.488 e. The fraction of sp³-hybridized carbons (Fsp3) is 0.375. The average molecular weight is 286 g/mol. The topological polar surface area (TPSA) is 64.3 Å². The molecule has 1 fully saturated rings. The number of hydrogen-bond acceptors (Lipinski definition) is 3. The Hall–Kier alpha value is -2.30. The van der Waals surface area contributed by atoms with Gasteiger partial charge in [-0.1, -0.05) is 6.42 Å². The number of hydrogen-bond donors (Lipinski definition) is 1. The summed E-state index contributed by atoms with van der Waals surface area (Å²) in [6.07, 6.45) is 10.1. The van der Waals surface area contributed by atoms with Crippen molar-refractivity contribution in [1.82, 2.24) is 9.55 Å². The molecule has 0 saturated heterocycles. The van der Waals surface area contributed by atoms with Gasteiger partial charge in [0.15, 0.2) is 0 Å². The van der Waals surface area contributed by atoms with E-state index in [-0.39, 0.29) is 11.7 Å². The van der Waals surface area contributed by atoms with Gasteiger partial charge < -0.3 is 14.4 Å². The van der Waals surface area contributed by atoms with Gasteiger partial charge in [0.05, 0.1) is 17.9 Å². The largest absolute Gasteiger partial charge is 0.488 e. The molecule has 2 atom stereocenters. The summed E-state index contributed by atoms with van der Waals surface area (Å²) in [4.78, 5) is 15.0. The number of ether oxygens (including phenoxy) is 1. The van der Waals surface area contributed by atoms with Crippen LogP contribution in [0.25, 0.3) is 0 Å². The highest BCUT2D eigenvalue weighted by molar-refractivity contribution is 5.87. The van der Waals surface area contributed by atoms with E-state index in [1.54, 1.807) is 30.5 Å². The van der Waals surface area contributed by atoms with E-state index in [9.17, 15) is 4.79 Å². The van der Waals surface area contributed by atoms with Crippen LogP contribution in [-0.2, 0) is 0 Å². The molecule has 0 bridgehead atoms. The molecule has 1 aromatic carbocycles. The first kappa shape index (κ1) is 13.7. The van der Waals surface area contributed by atoms with E-state index in [0.29, 0.717) is 6.04 Å². The maximum absolute atomic E-state index is 10.9. The van der Waals surface area contributed by atoms with Gasteiger partial charge in [0.25, 0.3) is 0 Å². The van der Waals surface area contributed by atoms with E-state index in [2.05, 4.69) is 9.55 Å². The van der Waals surface area contributed by atoms with Crippen molar-refractivity contribution in [2.45, 2.75) is 37.8 Å². The van der Waals surface area contributed by atoms with Crippen LogP contribution < -0.4 is 4.74 Å². The van der Waals surface area contributed by atoms with Gasteiger partial charge >= 0.3 is 5.97 Å². The Labute approximate surface area is 123 Å². The van der Waals surface area contributed by atoms with E-state index >= 15 is 0 Å². The summed E-state index contributed by atoms with van der Waals surface area (Å²) in [5, 5.41) is 8.91. The third-order valence-electron chi connectivity index (χ3n) is 3.96. The SMILES string of the molecule is O=C(O)c1ccc(OC2CCCCC2n2ccnc2)cc1. The van der Waals surface area contributed by atoms with Crippen molar-refractivity contribution in [3.05, 3.63) is 48.5 Å². The second kappa shape index (κ2) is 5.99. The maximum Gasteiger partial charge on any atom is 0.335 e. The van der Waals surface area contributed by atoms with Gasteiger partial charge in [-0.15, -0.1) is 0 Å². The molecule has 1 heterocycles. The van der Waals surface area contributed by atoms with Crippen LogP contribution in [0.4, 0.5) is 0 Å². The number of carboxylic acids is 1. The third-order valence-corrected chi connectivity index (χ3v) is 3.96. The molecule has 1 aliphatic carbocycles. The predicted molar refractivity (Wildman–Crippen MR) is 77.5 cm³/mol. The summed E-state index contributed by atoms with van der Waals surface area (Å²) in [6, 6.07) is 6.89. The van der Waals surface area contributed by atoms with Crippen LogP contribution in [0.15, 0.2) is 43.0 Å². The minimum atomic E-state index is -0.921. The highest BCUT2D eigenvalue weighted by Gasteiger charge is 2.27. The number of carbonyl (C=O) groups is 1. The molecule has 0 aliphatic heterocycles. The first-order valence-electron chi connectivity index (χ1n) is 7.21. The molecule has 2 unspecified atom stereocenters. The van der Waals surface area contributed by atoms with Crippen molar-refractivity contribution in [1.29, 1.82) is 0 Å². The van der Waals surface area contributed by atoms with Crippen LogP contribution in [0.1, 0.15) is 42.1 Å². The average Bonchev–Trinajstić information content (AvgIpc) is 3.02. The molecule has 21 heavy (non-hydrogen) atoms. The zero-order valence-electron chi connectivity index (χ0n) is 11.7. The number of benzene rings is 1. The van der Waals surface area contributed by atoms with Crippen molar-refractivity contribution >= 4 is 5.97 Å². The summed E-state index contributed by atoms with van der Waals surface area (Å²) >= 11 is 0. The fourth-order valence-electron chi connectivity index (χ4n) is 2.87. The smallest absolute Gasteiger partial charge is 0.335 e. The number of rotatable bonds is 4. The van der Waals surface area contributed by atoms with Gasteiger partial charge in [-0.05, 0) is 43.5 Å². The van der Waals surface area contributed by atoms with E-state index in [1.807, 2.05) is 12.5 Å². The molecule has 3 rings (SSSR count). The second-order valence-corrected chi connectivity index (χ2v) is 5.35. The van der Waals surface area contributed by atoms with Crippen LogP contribution in [0, 0.1) is 0 Å². The molecule has 0 spiro atoms. The van der Waals surface area contributed by atoms with Gasteiger partial charge in [-0.2, -0.15) is 0 Å². The molecule has 1 aliphatic rings. The van der Waals surface area contributed by atoms with Gasteiger partial charge in [0, 0.05) is 12.4 Å². The van der Waals surface area contributed by atoms with Crippen LogP contribution >= 0.6 is 0 Å². The zero-order valence-corrected chi connectivity index (χ0v) is 11.7. The third kappa shape index (κ3) is 3.07. The summed E-state index contributed by atoms with van der Waals surface area (Å²) in [6.45, 7) is 0. The summed E-state index contributed by atoms with van der Waals surface area (Å²) in [5.41, 5.74) is 0.275. The Kier molecular flexibility index (Phi) is 3.90. The molecule has 110 valence electrons. The number of aromatic nitrogens is 2. The minimum absolute atomic E-state index is 0.101. The van der Waals surface area contributed by atoms with Crippen molar-refractivity contribution in [2.75, 3.05) is 0 Å². The Morgan fingerprint density at radius 1 is 1.24 bits per heavy atom. The molecule has 1 N–H and O–H groups in total. The van der Waals surface area contributed by atoms with E-state index in [0.717, 1.165) is 25.0 Å². The van der Waals surface area contributed by atoms with Crippen LogP contribution in [0.2, 0.25) is 0 Å². The molecule has 5 nitrogen and oxygen atoms in total. The lowest BCUT2D eigenvalue weighted by Crippen LogP contribution is -2.32. The Balaban J connectivity index is 1.74. The number of nitrogens with zero attached hydrogens (tertiary/aromatic N) is 2. The van der Waals surface area contributed by atoms with Gasteiger partial charge in [0.1, 0.15) is 11.9 Å². The quantitative estimate of drug-likeness (QED) is 0.937. The highest BCUT2D eigenvalue weighted by atomic mass is 16.5. The Bertz CT molecular complexity index is 592. The summed E-state index contributed by atoms with van der Waals surface area (Å²) in [7, 11) is 0. The lowest BCUT2D eigenvalue weighted by Gasteiger charge is -2.32. The van der Waals surface area contributed by atoms with Crippen LogP contribution in [-0.4, -0.2) is 26.7 Å². The maximum atomic E-state index is 10.9. The predicted octanol–water partition coefficient (Wildman–Crippen LogP) is 3.14. The zero-order chi connectivity index (χ0) is 14.7. The lowest BCUT2D eigenvalue weighted by atomic mass is 9.92. The molecular formula is C16H18N2O3. The highest BCUT2D eigenvalue weighted by Crippen LogP contribution is 2.31. The number of imidazole rings is 1. The molecule has 1 saturated carbocycles. The van der Waals surface area contributed by atoms with Crippen molar-refractivity contribution in [3.8, 4) is 5.75 Å². The molecule has 2 aromatic rings. The standard InChI is InChI=1S/C16H18N2O3/c19-16(20)12-5-7-13(8-6-12)21-15-4-2-1-3-14(15)18-10-9-17-11-18/h5-11,14-15H,1-4H2,(H,19,20). The van der Waals surface area contributed by atoms with Crippen molar-refractivity contribution in [2.24, 2.45) is 0 Å². The van der Waals surface area contributed by atoms with Crippen LogP contribution in [0.3, 0.4) is 0 Å². The van der Waals surface area contributed by atoms with Crippen molar-refractivity contribution < 1.29 is 14.6 Å². The Morgan fingerprint density at radius 2 is 2.00 bits per heavy atom. The van der Waals surface area contributed by atoms with Gasteiger partial charge in [-0.25, -0.2) is 9.78 Å². The summed E-state index contributed by atoms with van der Waals surface area (Å²) in [5.74, 6) is -0.201. The van der Waals surface area contributed by atoms with E-state index < -0.39 is 5.97 Å². The van der Waals surface area contributed by atoms with Gasteiger partial charge in [0.2, 0.25) is 0 Å². The number of carboxylic acid groups (broad SMARTS) is 1. The van der Waals surface area contributed by atoms with E-state index in [4.69, 9.17) is 9.84 Å².